The predicted molar refractivity (Wildman–Crippen MR) is 69.5 cm³/mol. The summed E-state index contributed by atoms with van der Waals surface area (Å²) >= 11 is 0. The molecule has 4 rings (SSSR count). The van der Waals surface area contributed by atoms with Gasteiger partial charge >= 0.3 is 11.9 Å². The molecule has 5 nitrogen and oxygen atoms in total. The van der Waals surface area contributed by atoms with E-state index >= 15 is 0 Å². The molecule has 0 aromatic heterocycles. The number of esters is 2. The maximum absolute atomic E-state index is 12.3. The fourth-order valence-corrected chi connectivity index (χ4v) is 4.66. The van der Waals surface area contributed by atoms with E-state index in [9.17, 15) is 9.59 Å². The number of aliphatic hydroxyl groups excluding tert-OH is 1. The minimum atomic E-state index is -0.330. The Labute approximate surface area is 118 Å². The van der Waals surface area contributed by atoms with Gasteiger partial charge in [-0.25, -0.2) is 0 Å². The average molecular weight is 282 g/mol. The van der Waals surface area contributed by atoms with E-state index in [1.54, 1.807) is 6.92 Å². The van der Waals surface area contributed by atoms with Gasteiger partial charge in [-0.1, -0.05) is 0 Å². The van der Waals surface area contributed by atoms with E-state index < -0.39 is 0 Å². The van der Waals surface area contributed by atoms with Gasteiger partial charge in [0.1, 0.15) is 6.10 Å². The molecule has 0 radical (unpaired) electrons. The van der Waals surface area contributed by atoms with Gasteiger partial charge in [0.2, 0.25) is 0 Å². The molecule has 1 N–H and O–H groups in total. The van der Waals surface area contributed by atoms with Gasteiger partial charge in [0, 0.05) is 18.4 Å². The van der Waals surface area contributed by atoms with Gasteiger partial charge in [-0.05, 0) is 38.5 Å². The van der Waals surface area contributed by atoms with Crippen LogP contribution in [-0.4, -0.2) is 36.4 Å². The number of hydrogen-bond acceptors (Lipinski definition) is 5. The van der Waals surface area contributed by atoms with Crippen molar-refractivity contribution in [3.63, 3.8) is 0 Å². The topological polar surface area (TPSA) is 72.8 Å². The van der Waals surface area contributed by atoms with Gasteiger partial charge in [0.15, 0.2) is 0 Å². The van der Waals surface area contributed by atoms with Gasteiger partial charge in [-0.15, -0.1) is 0 Å². The molecule has 6 unspecified atom stereocenters. The number of ether oxygens (including phenoxy) is 2. The molecule has 3 aliphatic carbocycles. The molecule has 4 aliphatic rings. The smallest absolute Gasteiger partial charge is 0.310 e. The summed E-state index contributed by atoms with van der Waals surface area (Å²) in [6, 6.07) is 0. The molecule has 0 aromatic carbocycles. The van der Waals surface area contributed by atoms with Crippen LogP contribution in [0.4, 0.5) is 0 Å². The Morgan fingerprint density at radius 1 is 1.40 bits per heavy atom. The highest BCUT2D eigenvalue weighted by Crippen LogP contribution is 2.58. The second-order valence-electron chi connectivity index (χ2n) is 6.14. The second kappa shape index (κ2) is 5.35. The van der Waals surface area contributed by atoms with Gasteiger partial charge in [0.05, 0.1) is 18.4 Å². The molecular weight excluding hydrogens is 260 g/mol. The molecule has 112 valence electrons. The van der Waals surface area contributed by atoms with E-state index in [1.165, 1.54) is 0 Å². The standard InChI is InChI=1S/C15H22O5/c1-2-19-14(17)11-8-5-6-10-12(11)15(18)20-13(10)9(8)4-3-7-16/h8-13,16H,2-7H2,1H3. The third-order valence-corrected chi connectivity index (χ3v) is 5.32. The molecule has 0 spiro atoms. The summed E-state index contributed by atoms with van der Waals surface area (Å²) in [5, 5.41) is 9.05. The van der Waals surface area contributed by atoms with Crippen molar-refractivity contribution in [3.05, 3.63) is 0 Å². The van der Waals surface area contributed by atoms with Crippen LogP contribution in [0, 0.1) is 29.6 Å². The van der Waals surface area contributed by atoms with Gasteiger partial charge < -0.3 is 14.6 Å². The van der Waals surface area contributed by atoms with Gasteiger partial charge in [0.25, 0.3) is 0 Å². The van der Waals surface area contributed by atoms with Crippen LogP contribution in [0.5, 0.6) is 0 Å². The molecule has 0 amide bonds. The third kappa shape index (κ3) is 1.94. The summed E-state index contributed by atoms with van der Waals surface area (Å²) in [6.45, 7) is 2.28. The van der Waals surface area contributed by atoms with Crippen LogP contribution < -0.4 is 0 Å². The van der Waals surface area contributed by atoms with E-state index in [0.717, 1.165) is 19.3 Å². The first-order chi connectivity index (χ1) is 9.69. The van der Waals surface area contributed by atoms with Gasteiger partial charge in [-0.2, -0.15) is 0 Å². The number of carbonyl (C=O) groups excluding carboxylic acids is 2. The molecule has 5 heteroatoms. The monoisotopic (exact) mass is 282 g/mol. The van der Waals surface area contributed by atoms with Crippen molar-refractivity contribution in [3.8, 4) is 0 Å². The lowest BCUT2D eigenvalue weighted by molar-refractivity contribution is -0.162. The maximum Gasteiger partial charge on any atom is 0.310 e. The van der Waals surface area contributed by atoms with E-state index in [0.29, 0.717) is 13.0 Å². The van der Waals surface area contributed by atoms with Gasteiger partial charge in [-0.3, -0.25) is 9.59 Å². The number of hydrogen-bond donors (Lipinski definition) is 1. The molecule has 0 aromatic rings. The lowest BCUT2D eigenvalue weighted by Crippen LogP contribution is -2.53. The zero-order chi connectivity index (χ0) is 14.3. The van der Waals surface area contributed by atoms with Crippen LogP contribution in [0.25, 0.3) is 0 Å². The fourth-order valence-electron chi connectivity index (χ4n) is 4.66. The van der Waals surface area contributed by atoms with Crippen LogP contribution in [0.1, 0.15) is 32.6 Å². The molecule has 1 heterocycles. The fraction of sp³-hybridized carbons (Fsp3) is 0.867. The first-order valence-electron chi connectivity index (χ1n) is 7.67. The number of carbonyl (C=O) groups is 2. The lowest BCUT2D eigenvalue weighted by Gasteiger charge is -2.48. The zero-order valence-electron chi connectivity index (χ0n) is 11.8. The summed E-state index contributed by atoms with van der Waals surface area (Å²) in [5.41, 5.74) is 0. The number of aliphatic hydroxyl groups is 1. The summed E-state index contributed by atoms with van der Waals surface area (Å²) in [6.07, 6.45) is 3.41. The average Bonchev–Trinajstić information content (AvgIpc) is 2.73. The summed E-state index contributed by atoms with van der Waals surface area (Å²) < 4.78 is 10.7. The van der Waals surface area contributed by atoms with Crippen molar-refractivity contribution in [2.24, 2.45) is 29.6 Å². The SMILES string of the molecule is CCOC(=O)C1C2CCC3C(OC(=O)C31)C2CCCO. The highest BCUT2D eigenvalue weighted by atomic mass is 16.6. The Hall–Kier alpha value is -1.10. The van der Waals surface area contributed by atoms with E-state index in [4.69, 9.17) is 14.6 Å². The van der Waals surface area contributed by atoms with Crippen molar-refractivity contribution >= 4 is 11.9 Å². The minimum absolute atomic E-state index is 0.0384. The quantitative estimate of drug-likeness (QED) is 0.765. The van der Waals surface area contributed by atoms with Crippen molar-refractivity contribution in [2.75, 3.05) is 13.2 Å². The van der Waals surface area contributed by atoms with E-state index in [-0.39, 0.29) is 54.2 Å². The van der Waals surface area contributed by atoms with E-state index in [1.807, 2.05) is 0 Å². The number of fused-ring (bicyclic) bond motifs is 1. The minimum Gasteiger partial charge on any atom is -0.466 e. The molecule has 1 aliphatic heterocycles. The third-order valence-electron chi connectivity index (χ3n) is 5.32. The lowest BCUT2D eigenvalue weighted by atomic mass is 9.53. The van der Waals surface area contributed by atoms with Crippen LogP contribution in [0.3, 0.4) is 0 Å². The second-order valence-corrected chi connectivity index (χ2v) is 6.14. The Morgan fingerprint density at radius 2 is 2.15 bits per heavy atom. The molecule has 4 bridgehead atoms. The first kappa shape index (κ1) is 13.9. The van der Waals surface area contributed by atoms with Crippen LogP contribution in [0.2, 0.25) is 0 Å². The van der Waals surface area contributed by atoms with Crippen molar-refractivity contribution in [1.29, 1.82) is 0 Å². The Kier molecular flexibility index (Phi) is 3.71. The Morgan fingerprint density at radius 3 is 2.85 bits per heavy atom. The Balaban J connectivity index is 1.87. The van der Waals surface area contributed by atoms with Crippen LogP contribution in [0.15, 0.2) is 0 Å². The summed E-state index contributed by atoms with van der Waals surface area (Å²) in [4.78, 5) is 24.4. The maximum atomic E-state index is 12.3. The molecule has 6 atom stereocenters. The largest absolute Gasteiger partial charge is 0.466 e. The van der Waals surface area contributed by atoms with Crippen LogP contribution in [-0.2, 0) is 19.1 Å². The summed E-state index contributed by atoms with van der Waals surface area (Å²) in [7, 11) is 0. The molecule has 3 saturated carbocycles. The molecule has 1 saturated heterocycles. The van der Waals surface area contributed by atoms with Crippen molar-refractivity contribution < 1.29 is 24.2 Å². The zero-order valence-corrected chi connectivity index (χ0v) is 11.8. The van der Waals surface area contributed by atoms with E-state index in [2.05, 4.69) is 0 Å². The van der Waals surface area contributed by atoms with Crippen LogP contribution >= 0.6 is 0 Å². The Bertz CT molecular complexity index is 407. The number of rotatable bonds is 5. The predicted octanol–water partition coefficient (Wildman–Crippen LogP) is 1.14. The normalized spacial score (nSPS) is 41.6. The highest BCUT2D eigenvalue weighted by Gasteiger charge is 2.64. The van der Waals surface area contributed by atoms with Crippen molar-refractivity contribution in [2.45, 2.75) is 38.7 Å². The highest BCUT2D eigenvalue weighted by molar-refractivity contribution is 5.85. The van der Waals surface area contributed by atoms with Crippen molar-refractivity contribution in [1.82, 2.24) is 0 Å². The molecular formula is C15H22O5. The molecule has 4 fully saturated rings. The summed E-state index contributed by atoms with van der Waals surface area (Å²) in [5.74, 6) is -0.518. The first-order valence-corrected chi connectivity index (χ1v) is 7.67. The molecule has 20 heavy (non-hydrogen) atoms.